The second kappa shape index (κ2) is 12.7. The molecule has 1 fully saturated rings. The Balaban J connectivity index is 1.62. The number of carbonyl (C=O) groups is 1. The molecule has 39 heavy (non-hydrogen) atoms. The van der Waals surface area contributed by atoms with Gasteiger partial charge in [-0.3, -0.25) is 0 Å². The number of hydrogen-bond acceptors (Lipinski definition) is 4. The Hall–Kier alpha value is -3.27. The van der Waals surface area contributed by atoms with Gasteiger partial charge in [-0.25, -0.2) is 4.79 Å². The first kappa shape index (κ1) is 28.7. The SMILES string of the molecule is CC[C@](CCc1ccccc1)(Nc1ccc(OC)cc1)C(=O)O[C@@H]1C[C@H](C)CC[C@H]1C(C)(C)c1ccccc1. The van der Waals surface area contributed by atoms with E-state index in [2.05, 4.69) is 87.6 Å². The second-order valence-electron chi connectivity index (χ2n) is 11.8. The van der Waals surface area contributed by atoms with Gasteiger partial charge in [0.2, 0.25) is 0 Å². The van der Waals surface area contributed by atoms with Crippen LogP contribution in [0.5, 0.6) is 5.75 Å². The fourth-order valence-electron chi connectivity index (χ4n) is 6.19. The topological polar surface area (TPSA) is 47.6 Å². The van der Waals surface area contributed by atoms with Crippen molar-refractivity contribution in [2.45, 2.75) is 83.3 Å². The molecule has 1 aliphatic carbocycles. The monoisotopic (exact) mass is 527 g/mol. The molecule has 0 heterocycles. The molecule has 3 aromatic carbocycles. The number of aryl methyl sites for hydroxylation is 1. The Morgan fingerprint density at radius 3 is 2.18 bits per heavy atom. The standard InChI is InChI=1S/C35H45NO3/c1-6-35(24-23-27-13-9-7-10-14-27,36-29-18-20-30(38-5)21-19-29)33(37)39-32-25-26(2)17-22-31(32)34(3,4)28-15-11-8-12-16-28/h7-16,18-21,26,31-32,36H,6,17,22-25H2,1-5H3/t26-,31-,32-,35-/m1/s1. The Morgan fingerprint density at radius 1 is 0.923 bits per heavy atom. The summed E-state index contributed by atoms with van der Waals surface area (Å²) in [5, 5.41) is 3.62. The van der Waals surface area contributed by atoms with Crippen molar-refractivity contribution in [3.8, 4) is 5.75 Å². The lowest BCUT2D eigenvalue weighted by molar-refractivity contribution is -0.162. The van der Waals surface area contributed by atoms with Crippen LogP contribution in [0.3, 0.4) is 0 Å². The zero-order chi connectivity index (χ0) is 27.9. The molecule has 0 saturated heterocycles. The summed E-state index contributed by atoms with van der Waals surface area (Å²) < 4.78 is 12.0. The summed E-state index contributed by atoms with van der Waals surface area (Å²) in [5.74, 6) is 1.42. The average molecular weight is 528 g/mol. The van der Waals surface area contributed by atoms with Crippen molar-refractivity contribution in [1.29, 1.82) is 0 Å². The number of carbonyl (C=O) groups excluding carboxylic acids is 1. The summed E-state index contributed by atoms with van der Waals surface area (Å²) in [6.07, 6.45) is 5.03. The zero-order valence-electron chi connectivity index (χ0n) is 24.3. The zero-order valence-corrected chi connectivity index (χ0v) is 24.3. The predicted molar refractivity (Wildman–Crippen MR) is 160 cm³/mol. The van der Waals surface area contributed by atoms with Gasteiger partial charge in [-0.15, -0.1) is 0 Å². The van der Waals surface area contributed by atoms with Gasteiger partial charge in [-0.1, -0.05) is 94.8 Å². The third-order valence-corrected chi connectivity index (χ3v) is 8.91. The molecule has 4 rings (SSSR count). The summed E-state index contributed by atoms with van der Waals surface area (Å²) in [5.41, 5.74) is 2.46. The van der Waals surface area contributed by atoms with Gasteiger partial charge in [0.1, 0.15) is 17.4 Å². The highest BCUT2D eigenvalue weighted by Gasteiger charge is 2.45. The van der Waals surface area contributed by atoms with Gasteiger partial charge < -0.3 is 14.8 Å². The van der Waals surface area contributed by atoms with Crippen LogP contribution in [0.1, 0.15) is 70.9 Å². The van der Waals surface area contributed by atoms with Crippen molar-refractivity contribution >= 4 is 11.7 Å². The molecule has 3 aromatic rings. The number of hydrogen-bond donors (Lipinski definition) is 1. The summed E-state index contributed by atoms with van der Waals surface area (Å²) in [6, 6.07) is 28.9. The van der Waals surface area contributed by atoms with E-state index in [0.29, 0.717) is 18.8 Å². The normalized spacial score (nSPS) is 21.0. The summed E-state index contributed by atoms with van der Waals surface area (Å²) in [4.78, 5) is 14.3. The van der Waals surface area contributed by atoms with Crippen molar-refractivity contribution in [3.63, 3.8) is 0 Å². The fraction of sp³-hybridized carbons (Fsp3) is 0.457. The van der Waals surface area contributed by atoms with Crippen LogP contribution in [0.4, 0.5) is 5.69 Å². The van der Waals surface area contributed by atoms with Gasteiger partial charge in [0.05, 0.1) is 7.11 Å². The van der Waals surface area contributed by atoms with E-state index in [1.807, 2.05) is 30.3 Å². The van der Waals surface area contributed by atoms with Crippen LogP contribution in [-0.4, -0.2) is 24.7 Å². The van der Waals surface area contributed by atoms with E-state index in [1.54, 1.807) is 7.11 Å². The third-order valence-electron chi connectivity index (χ3n) is 8.91. The van der Waals surface area contributed by atoms with Gasteiger partial charge >= 0.3 is 5.97 Å². The molecule has 1 N–H and O–H groups in total. The minimum absolute atomic E-state index is 0.103. The van der Waals surface area contributed by atoms with Gasteiger partial charge in [-0.05, 0) is 78.8 Å². The minimum Gasteiger partial charge on any atom is -0.497 e. The molecule has 4 nitrogen and oxygen atoms in total. The molecular formula is C35H45NO3. The average Bonchev–Trinajstić information content (AvgIpc) is 2.96. The van der Waals surface area contributed by atoms with Crippen LogP contribution in [-0.2, 0) is 21.4 Å². The first-order valence-electron chi connectivity index (χ1n) is 14.5. The Kier molecular flexibility index (Phi) is 9.37. The van der Waals surface area contributed by atoms with E-state index in [4.69, 9.17) is 9.47 Å². The van der Waals surface area contributed by atoms with Crippen LogP contribution in [0, 0.1) is 11.8 Å². The second-order valence-corrected chi connectivity index (χ2v) is 11.8. The maximum atomic E-state index is 14.3. The molecular weight excluding hydrogens is 482 g/mol. The minimum atomic E-state index is -0.841. The lowest BCUT2D eigenvalue weighted by Gasteiger charge is -2.45. The Labute approximate surface area is 235 Å². The van der Waals surface area contributed by atoms with Gasteiger partial charge in [0.25, 0.3) is 0 Å². The number of rotatable bonds is 11. The fourth-order valence-corrected chi connectivity index (χ4v) is 6.19. The quantitative estimate of drug-likeness (QED) is 0.255. The summed E-state index contributed by atoms with van der Waals surface area (Å²) in [6.45, 7) is 8.98. The molecule has 1 aliphatic rings. The maximum Gasteiger partial charge on any atom is 0.332 e. The van der Waals surface area contributed by atoms with Gasteiger partial charge in [0, 0.05) is 11.6 Å². The van der Waals surface area contributed by atoms with Crippen LogP contribution in [0.15, 0.2) is 84.9 Å². The van der Waals surface area contributed by atoms with Crippen molar-refractivity contribution in [1.82, 2.24) is 0 Å². The highest BCUT2D eigenvalue weighted by molar-refractivity contribution is 5.85. The molecule has 4 heteroatoms. The molecule has 0 amide bonds. The van der Waals surface area contributed by atoms with E-state index in [0.717, 1.165) is 37.1 Å². The van der Waals surface area contributed by atoms with Gasteiger partial charge in [0.15, 0.2) is 0 Å². The Bertz CT molecular complexity index is 1180. The van der Waals surface area contributed by atoms with Crippen LogP contribution < -0.4 is 10.1 Å². The van der Waals surface area contributed by atoms with Crippen molar-refractivity contribution in [3.05, 3.63) is 96.1 Å². The first-order valence-corrected chi connectivity index (χ1v) is 14.5. The lowest BCUT2D eigenvalue weighted by Crippen LogP contribution is -2.51. The van der Waals surface area contributed by atoms with E-state index in [1.165, 1.54) is 11.1 Å². The van der Waals surface area contributed by atoms with Crippen LogP contribution >= 0.6 is 0 Å². The van der Waals surface area contributed by atoms with E-state index < -0.39 is 5.54 Å². The van der Waals surface area contributed by atoms with E-state index >= 15 is 0 Å². The number of methoxy groups -OCH3 is 1. The van der Waals surface area contributed by atoms with Gasteiger partial charge in [-0.2, -0.15) is 0 Å². The first-order chi connectivity index (χ1) is 18.8. The summed E-state index contributed by atoms with van der Waals surface area (Å²) >= 11 is 0. The number of benzene rings is 3. The van der Waals surface area contributed by atoms with Crippen LogP contribution in [0.2, 0.25) is 0 Å². The van der Waals surface area contributed by atoms with Crippen molar-refractivity contribution in [2.75, 3.05) is 12.4 Å². The molecule has 0 bridgehead atoms. The van der Waals surface area contributed by atoms with E-state index in [9.17, 15) is 4.79 Å². The van der Waals surface area contributed by atoms with Crippen molar-refractivity contribution < 1.29 is 14.3 Å². The molecule has 0 radical (unpaired) electrons. The molecule has 0 unspecified atom stereocenters. The highest BCUT2D eigenvalue weighted by Crippen LogP contribution is 2.44. The third kappa shape index (κ3) is 6.84. The smallest absolute Gasteiger partial charge is 0.332 e. The number of ether oxygens (including phenoxy) is 2. The predicted octanol–water partition coefficient (Wildman–Crippen LogP) is 8.21. The molecule has 208 valence electrons. The molecule has 0 aliphatic heterocycles. The van der Waals surface area contributed by atoms with Crippen molar-refractivity contribution in [2.24, 2.45) is 11.8 Å². The lowest BCUT2D eigenvalue weighted by atomic mass is 9.64. The number of anilines is 1. The molecule has 0 spiro atoms. The largest absolute Gasteiger partial charge is 0.497 e. The maximum absolute atomic E-state index is 14.3. The highest BCUT2D eigenvalue weighted by atomic mass is 16.5. The molecule has 4 atom stereocenters. The Morgan fingerprint density at radius 2 is 1.56 bits per heavy atom. The van der Waals surface area contributed by atoms with E-state index in [-0.39, 0.29) is 23.4 Å². The molecule has 0 aromatic heterocycles. The number of nitrogens with one attached hydrogen (secondary N) is 1. The number of esters is 1. The summed E-state index contributed by atoms with van der Waals surface area (Å²) in [7, 11) is 1.66. The molecule has 1 saturated carbocycles. The van der Waals surface area contributed by atoms with Crippen LogP contribution in [0.25, 0.3) is 0 Å².